The molecule has 2 fully saturated rings. The number of nitrogens with two attached hydrogens (primary N) is 1. The molecule has 2 aliphatic carbocycles. The Morgan fingerprint density at radius 2 is 1.86 bits per heavy atom. The van der Waals surface area contributed by atoms with E-state index in [1.165, 1.54) is 12.8 Å². The first-order chi connectivity index (χ1) is 12.5. The fourth-order valence-corrected chi connectivity index (χ4v) is 3.39. The lowest BCUT2D eigenvalue weighted by molar-refractivity contribution is 0.344. The van der Waals surface area contributed by atoms with Crippen LogP contribution in [0.2, 0.25) is 0 Å². The van der Waals surface area contributed by atoms with Crippen LogP contribution in [0.5, 0.6) is 0 Å². The number of hydrogen-bond acceptors (Lipinski definition) is 7. The molecule has 0 radical (unpaired) electrons. The fraction of sp³-hybridized carbons (Fsp3) is 0.684. The zero-order valence-corrected chi connectivity index (χ0v) is 18.3. The summed E-state index contributed by atoms with van der Waals surface area (Å²) in [5.41, 5.74) is 7.11. The molecule has 0 amide bonds. The van der Waals surface area contributed by atoms with Gasteiger partial charge in [-0.05, 0) is 31.6 Å². The molecule has 28 heavy (non-hydrogen) atoms. The minimum absolute atomic E-state index is 0. The molecule has 2 saturated carbocycles. The minimum atomic E-state index is 0. The topological polar surface area (TPSA) is 94.0 Å². The summed E-state index contributed by atoms with van der Waals surface area (Å²) in [4.78, 5) is 16.2. The number of aromatic nitrogens is 4. The zero-order chi connectivity index (χ0) is 18.3. The van der Waals surface area contributed by atoms with Gasteiger partial charge in [0.15, 0.2) is 5.82 Å². The Kier molecular flexibility index (Phi) is 7.65. The molecule has 0 spiro atoms. The van der Waals surface area contributed by atoms with E-state index < -0.39 is 0 Å². The summed E-state index contributed by atoms with van der Waals surface area (Å²) in [6.07, 6.45) is 5.26. The molecule has 2 aliphatic rings. The van der Waals surface area contributed by atoms with Crippen molar-refractivity contribution in [1.29, 1.82) is 0 Å². The van der Waals surface area contributed by atoms with Gasteiger partial charge < -0.3 is 15.2 Å². The molecule has 0 aliphatic heterocycles. The van der Waals surface area contributed by atoms with Crippen LogP contribution in [0.4, 0.5) is 5.82 Å². The van der Waals surface area contributed by atoms with Gasteiger partial charge >= 0.3 is 0 Å². The Morgan fingerprint density at radius 1 is 1.14 bits per heavy atom. The molecule has 0 saturated heterocycles. The molecule has 2 heterocycles. The van der Waals surface area contributed by atoms with Crippen LogP contribution in [0.15, 0.2) is 10.6 Å². The Bertz CT molecular complexity index is 774. The van der Waals surface area contributed by atoms with E-state index in [4.69, 9.17) is 20.2 Å². The standard InChI is InChI=1S/C19H28N6O.2ClH/c1-11(2)6-16-22-18(26-24-16)10-25(3)17-9-15(13-7-14(20)8-13)21-19(23-17)12-4-5-12;;/h9,11-14H,4-8,10,20H2,1-3H3;2*1H. The number of halogens is 2. The lowest BCUT2D eigenvalue weighted by Crippen LogP contribution is -2.35. The first-order valence-electron chi connectivity index (χ1n) is 9.65. The van der Waals surface area contributed by atoms with Crippen LogP contribution >= 0.6 is 24.8 Å². The lowest BCUT2D eigenvalue weighted by atomic mass is 9.78. The highest BCUT2D eigenvalue weighted by atomic mass is 35.5. The Balaban J connectivity index is 0.00000140. The molecule has 0 bridgehead atoms. The normalized spacial score (nSPS) is 20.9. The van der Waals surface area contributed by atoms with E-state index in [9.17, 15) is 0 Å². The summed E-state index contributed by atoms with van der Waals surface area (Å²) < 4.78 is 5.41. The van der Waals surface area contributed by atoms with Crippen molar-refractivity contribution >= 4 is 30.6 Å². The second kappa shape index (κ2) is 9.37. The van der Waals surface area contributed by atoms with Crippen molar-refractivity contribution in [3.05, 3.63) is 29.3 Å². The van der Waals surface area contributed by atoms with Crippen LogP contribution in [-0.2, 0) is 13.0 Å². The quantitative estimate of drug-likeness (QED) is 0.718. The molecule has 9 heteroatoms. The third-order valence-electron chi connectivity index (χ3n) is 5.15. The van der Waals surface area contributed by atoms with Crippen LogP contribution in [0.1, 0.15) is 74.6 Å². The molecule has 2 aromatic rings. The van der Waals surface area contributed by atoms with E-state index in [0.717, 1.165) is 42.4 Å². The van der Waals surface area contributed by atoms with Gasteiger partial charge in [-0.2, -0.15) is 4.98 Å². The van der Waals surface area contributed by atoms with E-state index >= 15 is 0 Å². The molecule has 0 aromatic carbocycles. The Morgan fingerprint density at radius 3 is 2.46 bits per heavy atom. The molecule has 2 N–H and O–H groups in total. The smallest absolute Gasteiger partial charge is 0.246 e. The van der Waals surface area contributed by atoms with E-state index in [1.807, 2.05) is 7.05 Å². The highest BCUT2D eigenvalue weighted by Gasteiger charge is 2.32. The van der Waals surface area contributed by atoms with Gasteiger partial charge in [0, 0.05) is 43.1 Å². The molecular weight excluding hydrogens is 399 g/mol. The first kappa shape index (κ1) is 22.8. The predicted octanol–water partition coefficient (Wildman–Crippen LogP) is 3.62. The van der Waals surface area contributed by atoms with Crippen molar-refractivity contribution in [3.8, 4) is 0 Å². The van der Waals surface area contributed by atoms with Crippen molar-refractivity contribution in [2.24, 2.45) is 11.7 Å². The molecule has 2 aromatic heterocycles. The fourth-order valence-electron chi connectivity index (χ4n) is 3.39. The van der Waals surface area contributed by atoms with Gasteiger partial charge in [-0.25, -0.2) is 9.97 Å². The van der Waals surface area contributed by atoms with Crippen molar-refractivity contribution in [2.75, 3.05) is 11.9 Å². The molecular formula is C19H30Cl2N6O. The van der Waals surface area contributed by atoms with Crippen LogP contribution in [0.25, 0.3) is 0 Å². The van der Waals surface area contributed by atoms with E-state index in [1.54, 1.807) is 0 Å². The third-order valence-corrected chi connectivity index (χ3v) is 5.15. The van der Waals surface area contributed by atoms with Gasteiger partial charge in [0.25, 0.3) is 0 Å². The maximum atomic E-state index is 5.97. The Labute approximate surface area is 178 Å². The first-order valence-corrected chi connectivity index (χ1v) is 9.65. The second-order valence-corrected chi connectivity index (χ2v) is 8.27. The molecule has 7 nitrogen and oxygen atoms in total. The Hall–Kier alpha value is -1.44. The maximum Gasteiger partial charge on any atom is 0.246 e. The summed E-state index contributed by atoms with van der Waals surface area (Å²) in [5, 5.41) is 4.08. The van der Waals surface area contributed by atoms with Gasteiger partial charge in [0.1, 0.15) is 11.6 Å². The van der Waals surface area contributed by atoms with E-state index in [2.05, 4.69) is 35.0 Å². The minimum Gasteiger partial charge on any atom is -0.350 e. The summed E-state index contributed by atoms with van der Waals surface area (Å²) >= 11 is 0. The van der Waals surface area contributed by atoms with Gasteiger partial charge in [0.2, 0.25) is 5.89 Å². The van der Waals surface area contributed by atoms with Crippen molar-refractivity contribution < 1.29 is 4.52 Å². The maximum absolute atomic E-state index is 5.97. The van der Waals surface area contributed by atoms with Crippen molar-refractivity contribution in [2.45, 2.75) is 70.4 Å². The summed E-state index contributed by atoms with van der Waals surface area (Å²) in [7, 11) is 2.02. The van der Waals surface area contributed by atoms with Crippen LogP contribution in [0.3, 0.4) is 0 Å². The molecule has 156 valence electrons. The zero-order valence-electron chi connectivity index (χ0n) is 16.7. The highest BCUT2D eigenvalue weighted by molar-refractivity contribution is 5.85. The largest absolute Gasteiger partial charge is 0.350 e. The summed E-state index contributed by atoms with van der Waals surface area (Å²) in [6, 6.07) is 2.42. The van der Waals surface area contributed by atoms with Crippen LogP contribution < -0.4 is 10.6 Å². The van der Waals surface area contributed by atoms with Crippen molar-refractivity contribution in [3.63, 3.8) is 0 Å². The predicted molar refractivity (Wildman–Crippen MR) is 113 cm³/mol. The van der Waals surface area contributed by atoms with Crippen LogP contribution in [-0.4, -0.2) is 33.2 Å². The average molecular weight is 429 g/mol. The summed E-state index contributed by atoms with van der Waals surface area (Å²) in [6.45, 7) is 4.85. The van der Waals surface area contributed by atoms with Gasteiger partial charge in [-0.15, -0.1) is 24.8 Å². The average Bonchev–Trinajstić information content (AvgIpc) is 3.33. The number of nitrogens with zero attached hydrogens (tertiary/aromatic N) is 5. The SMILES string of the molecule is CC(C)Cc1noc(CN(C)c2cc(C3CC(N)C3)nc(C3CC3)n2)n1.Cl.Cl. The van der Waals surface area contributed by atoms with Gasteiger partial charge in [-0.1, -0.05) is 19.0 Å². The van der Waals surface area contributed by atoms with Crippen LogP contribution in [0, 0.1) is 5.92 Å². The number of hydrogen-bond donors (Lipinski definition) is 1. The molecule has 4 rings (SSSR count). The van der Waals surface area contributed by atoms with Gasteiger partial charge in [0.05, 0.1) is 6.54 Å². The number of anilines is 1. The molecule has 0 atom stereocenters. The lowest BCUT2D eigenvalue weighted by Gasteiger charge is -2.32. The third kappa shape index (κ3) is 5.33. The van der Waals surface area contributed by atoms with Gasteiger partial charge in [-0.3, -0.25) is 0 Å². The summed E-state index contributed by atoms with van der Waals surface area (Å²) in [5.74, 6) is 4.82. The highest BCUT2D eigenvalue weighted by Crippen LogP contribution is 2.41. The van der Waals surface area contributed by atoms with E-state index in [0.29, 0.717) is 36.2 Å². The van der Waals surface area contributed by atoms with E-state index in [-0.39, 0.29) is 24.8 Å². The second-order valence-electron chi connectivity index (χ2n) is 8.27. The monoisotopic (exact) mass is 428 g/mol. The van der Waals surface area contributed by atoms with Crippen molar-refractivity contribution in [1.82, 2.24) is 20.1 Å². The number of rotatable bonds is 7. The molecule has 0 unspecified atom stereocenters.